The lowest BCUT2D eigenvalue weighted by atomic mass is 10.2. The molecule has 1 N–H and O–H groups in total. The molecule has 0 aliphatic rings. The monoisotopic (exact) mass is 424 g/mol. The molecule has 7 heteroatoms. The first-order valence-electron chi connectivity index (χ1n) is 8.79. The standard InChI is InChI=1S/C22H17ClN2O3S/c1-13-21(29-18-5-3-4-14(8-18)22(26)27)19-7-6-15(23)9-20(19)25(13)16-10-17(28-2)12-24-11-16/h3-12H,1-2H3,(H,26,27). The highest BCUT2D eigenvalue weighted by Crippen LogP contribution is 2.40. The Balaban J connectivity index is 1.90. The number of rotatable bonds is 5. The molecule has 29 heavy (non-hydrogen) atoms. The number of aromatic carboxylic acids is 1. The van der Waals surface area contributed by atoms with Gasteiger partial charge < -0.3 is 14.4 Å². The van der Waals surface area contributed by atoms with Crippen LogP contribution in [0.1, 0.15) is 16.1 Å². The molecular weight excluding hydrogens is 408 g/mol. The Bertz CT molecular complexity index is 1240. The molecule has 0 bridgehead atoms. The molecule has 0 aliphatic heterocycles. The van der Waals surface area contributed by atoms with Gasteiger partial charge in [-0.05, 0) is 37.3 Å². The molecule has 0 radical (unpaired) electrons. The van der Waals surface area contributed by atoms with E-state index in [1.54, 1.807) is 37.7 Å². The van der Waals surface area contributed by atoms with Crippen molar-refractivity contribution in [1.29, 1.82) is 0 Å². The van der Waals surface area contributed by atoms with Crippen molar-refractivity contribution in [3.05, 3.63) is 77.2 Å². The second-order valence-electron chi connectivity index (χ2n) is 6.43. The van der Waals surface area contributed by atoms with Crippen LogP contribution in [0.15, 0.2) is 70.7 Å². The minimum atomic E-state index is -0.944. The minimum Gasteiger partial charge on any atom is -0.495 e. The smallest absolute Gasteiger partial charge is 0.335 e. The zero-order valence-electron chi connectivity index (χ0n) is 15.7. The van der Waals surface area contributed by atoms with Crippen LogP contribution in [-0.4, -0.2) is 27.7 Å². The summed E-state index contributed by atoms with van der Waals surface area (Å²) in [5.41, 5.74) is 3.07. The Kier molecular flexibility index (Phi) is 5.22. The quantitative estimate of drug-likeness (QED) is 0.435. The number of benzene rings is 2. The van der Waals surface area contributed by atoms with Crippen molar-refractivity contribution in [2.45, 2.75) is 16.7 Å². The zero-order valence-corrected chi connectivity index (χ0v) is 17.3. The van der Waals surface area contributed by atoms with Crippen LogP contribution in [0.3, 0.4) is 0 Å². The highest BCUT2D eigenvalue weighted by atomic mass is 35.5. The summed E-state index contributed by atoms with van der Waals surface area (Å²) in [7, 11) is 1.61. The predicted molar refractivity (Wildman–Crippen MR) is 115 cm³/mol. The molecule has 5 nitrogen and oxygen atoms in total. The van der Waals surface area contributed by atoms with Gasteiger partial charge in [0.2, 0.25) is 0 Å². The molecular formula is C22H17ClN2O3S. The number of carboxylic acids is 1. The van der Waals surface area contributed by atoms with Crippen LogP contribution in [0.2, 0.25) is 5.02 Å². The Morgan fingerprint density at radius 2 is 2.00 bits per heavy atom. The van der Waals surface area contributed by atoms with E-state index in [1.165, 1.54) is 11.8 Å². The number of pyridine rings is 1. The van der Waals surface area contributed by atoms with Crippen LogP contribution in [0, 0.1) is 6.92 Å². The van der Waals surface area contributed by atoms with Crippen LogP contribution < -0.4 is 4.74 Å². The Morgan fingerprint density at radius 1 is 1.17 bits per heavy atom. The van der Waals surface area contributed by atoms with Gasteiger partial charge in [0, 0.05) is 32.0 Å². The lowest BCUT2D eigenvalue weighted by Gasteiger charge is -2.10. The third kappa shape index (κ3) is 3.69. The van der Waals surface area contributed by atoms with Gasteiger partial charge in [0.1, 0.15) is 5.75 Å². The number of carboxylic acid groups (broad SMARTS) is 1. The van der Waals surface area contributed by atoms with Gasteiger partial charge >= 0.3 is 5.97 Å². The van der Waals surface area contributed by atoms with E-state index in [2.05, 4.69) is 9.55 Å². The fraction of sp³-hybridized carbons (Fsp3) is 0.0909. The molecule has 0 saturated heterocycles. The zero-order chi connectivity index (χ0) is 20.5. The van der Waals surface area contributed by atoms with Crippen molar-refractivity contribution in [3.63, 3.8) is 0 Å². The van der Waals surface area contributed by atoms with Crippen molar-refractivity contribution in [3.8, 4) is 11.4 Å². The number of aromatic nitrogens is 2. The van der Waals surface area contributed by atoms with Crippen LogP contribution >= 0.6 is 23.4 Å². The van der Waals surface area contributed by atoms with E-state index in [0.717, 1.165) is 32.1 Å². The number of hydrogen-bond donors (Lipinski definition) is 1. The maximum absolute atomic E-state index is 11.3. The summed E-state index contributed by atoms with van der Waals surface area (Å²) >= 11 is 7.82. The van der Waals surface area contributed by atoms with Crippen molar-refractivity contribution in [2.24, 2.45) is 0 Å². The summed E-state index contributed by atoms with van der Waals surface area (Å²) in [5, 5.41) is 11.0. The third-order valence-corrected chi connectivity index (χ3v) is 6.05. The van der Waals surface area contributed by atoms with Crippen molar-refractivity contribution < 1.29 is 14.6 Å². The summed E-state index contributed by atoms with van der Waals surface area (Å²) in [6.07, 6.45) is 3.43. The molecule has 0 saturated carbocycles. The van der Waals surface area contributed by atoms with E-state index in [0.29, 0.717) is 10.8 Å². The lowest BCUT2D eigenvalue weighted by molar-refractivity contribution is 0.0696. The number of carbonyl (C=O) groups is 1. The molecule has 2 heterocycles. The van der Waals surface area contributed by atoms with E-state index < -0.39 is 5.97 Å². The van der Waals surface area contributed by atoms with E-state index in [9.17, 15) is 9.90 Å². The molecule has 0 fully saturated rings. The van der Waals surface area contributed by atoms with Gasteiger partial charge in [-0.25, -0.2) is 4.79 Å². The first kappa shape index (κ1) is 19.4. The van der Waals surface area contributed by atoms with E-state index in [1.807, 2.05) is 37.3 Å². The summed E-state index contributed by atoms with van der Waals surface area (Å²) in [6, 6.07) is 14.6. The molecule has 2 aromatic heterocycles. The number of fused-ring (bicyclic) bond motifs is 1. The van der Waals surface area contributed by atoms with Gasteiger partial charge in [-0.1, -0.05) is 35.5 Å². The largest absolute Gasteiger partial charge is 0.495 e. The van der Waals surface area contributed by atoms with Gasteiger partial charge in [-0.15, -0.1) is 0 Å². The average molecular weight is 425 g/mol. The van der Waals surface area contributed by atoms with Gasteiger partial charge in [-0.3, -0.25) is 4.98 Å². The fourth-order valence-corrected chi connectivity index (χ4v) is 4.53. The van der Waals surface area contributed by atoms with Crippen LogP contribution in [0.5, 0.6) is 5.75 Å². The van der Waals surface area contributed by atoms with Crippen molar-refractivity contribution in [2.75, 3.05) is 7.11 Å². The van der Waals surface area contributed by atoms with E-state index >= 15 is 0 Å². The fourth-order valence-electron chi connectivity index (χ4n) is 3.27. The van der Waals surface area contributed by atoms with Crippen molar-refractivity contribution in [1.82, 2.24) is 9.55 Å². The van der Waals surface area contributed by atoms with Gasteiger partial charge in [0.05, 0.1) is 36.3 Å². The molecule has 2 aromatic carbocycles. The average Bonchev–Trinajstić information content (AvgIpc) is 2.99. The second kappa shape index (κ2) is 7.81. The molecule has 0 amide bonds. The Labute approximate surface area is 176 Å². The number of nitrogens with zero attached hydrogens (tertiary/aromatic N) is 2. The summed E-state index contributed by atoms with van der Waals surface area (Å²) in [6.45, 7) is 2.02. The number of hydrogen-bond acceptors (Lipinski definition) is 4. The van der Waals surface area contributed by atoms with Gasteiger partial charge in [0.15, 0.2) is 0 Å². The summed E-state index contributed by atoms with van der Waals surface area (Å²) in [5.74, 6) is -0.282. The van der Waals surface area contributed by atoms with Crippen LogP contribution in [-0.2, 0) is 0 Å². The lowest BCUT2D eigenvalue weighted by Crippen LogP contribution is -1.98. The number of ether oxygens (including phenoxy) is 1. The topological polar surface area (TPSA) is 64.4 Å². The molecule has 0 unspecified atom stereocenters. The first-order valence-corrected chi connectivity index (χ1v) is 9.98. The summed E-state index contributed by atoms with van der Waals surface area (Å²) in [4.78, 5) is 17.5. The maximum atomic E-state index is 11.3. The predicted octanol–water partition coefficient (Wildman–Crippen LogP) is 5.85. The summed E-state index contributed by atoms with van der Waals surface area (Å²) < 4.78 is 7.41. The molecule has 0 atom stereocenters. The first-order chi connectivity index (χ1) is 14.0. The van der Waals surface area contributed by atoms with E-state index in [-0.39, 0.29) is 5.56 Å². The minimum absolute atomic E-state index is 0.261. The molecule has 146 valence electrons. The maximum Gasteiger partial charge on any atom is 0.335 e. The second-order valence-corrected chi connectivity index (χ2v) is 7.95. The van der Waals surface area contributed by atoms with Crippen LogP contribution in [0.25, 0.3) is 16.6 Å². The molecule has 0 spiro atoms. The Hall–Kier alpha value is -2.96. The number of halogens is 1. The number of methoxy groups -OCH3 is 1. The van der Waals surface area contributed by atoms with Gasteiger partial charge in [0.25, 0.3) is 0 Å². The van der Waals surface area contributed by atoms with Crippen molar-refractivity contribution >= 4 is 40.2 Å². The molecule has 0 aliphatic carbocycles. The highest BCUT2D eigenvalue weighted by molar-refractivity contribution is 7.99. The molecule has 4 rings (SSSR count). The van der Waals surface area contributed by atoms with Crippen LogP contribution in [0.4, 0.5) is 0 Å². The normalized spacial score (nSPS) is 11.0. The Morgan fingerprint density at radius 3 is 2.76 bits per heavy atom. The van der Waals surface area contributed by atoms with Gasteiger partial charge in [-0.2, -0.15) is 0 Å². The molecule has 4 aromatic rings. The van der Waals surface area contributed by atoms with E-state index in [4.69, 9.17) is 16.3 Å². The SMILES string of the molecule is COc1cncc(-n2c(C)c(Sc3cccc(C(=O)O)c3)c3ccc(Cl)cc32)c1. The third-order valence-electron chi connectivity index (χ3n) is 4.60. The highest BCUT2D eigenvalue weighted by Gasteiger charge is 2.18.